The number of nitrogens with one attached hydrogen (secondary N) is 1. The van der Waals surface area contributed by atoms with E-state index in [4.69, 9.17) is 9.47 Å². The second-order valence-electron chi connectivity index (χ2n) is 6.44. The minimum atomic E-state index is -3.81. The highest BCUT2D eigenvalue weighted by Gasteiger charge is 2.19. The summed E-state index contributed by atoms with van der Waals surface area (Å²) < 4.78 is 40.6. The maximum Gasteiger partial charge on any atom is 0.265 e. The van der Waals surface area contributed by atoms with Gasteiger partial charge in [0.25, 0.3) is 10.0 Å². The van der Waals surface area contributed by atoms with Gasteiger partial charge in [-0.1, -0.05) is 12.1 Å². The third-order valence-corrected chi connectivity index (χ3v) is 5.81. The molecule has 0 saturated heterocycles. The zero-order chi connectivity index (χ0) is 21.8. The van der Waals surface area contributed by atoms with E-state index in [-0.39, 0.29) is 10.6 Å². The van der Waals surface area contributed by atoms with Crippen LogP contribution in [0, 0.1) is 6.92 Å². The molecular formula is C21H19N5O4S. The molecule has 1 N–H and O–H groups in total. The molecule has 0 unspecified atom stereocenters. The summed E-state index contributed by atoms with van der Waals surface area (Å²) in [4.78, 5) is 12.6. The van der Waals surface area contributed by atoms with Crippen LogP contribution < -0.4 is 14.2 Å². The van der Waals surface area contributed by atoms with Crippen molar-refractivity contribution in [1.29, 1.82) is 0 Å². The van der Waals surface area contributed by atoms with Crippen LogP contribution in [0.4, 0.5) is 5.69 Å². The third kappa shape index (κ3) is 4.48. The van der Waals surface area contributed by atoms with Crippen LogP contribution in [-0.4, -0.2) is 35.0 Å². The highest BCUT2D eigenvalue weighted by atomic mass is 32.2. The summed E-state index contributed by atoms with van der Waals surface area (Å²) >= 11 is 0. The van der Waals surface area contributed by atoms with Crippen molar-refractivity contribution in [3.05, 3.63) is 79.1 Å². The fourth-order valence-corrected chi connectivity index (χ4v) is 4.13. The smallest absolute Gasteiger partial charge is 0.265 e. The predicted molar refractivity (Wildman–Crippen MR) is 114 cm³/mol. The van der Waals surface area contributed by atoms with Crippen molar-refractivity contribution in [1.82, 2.24) is 19.5 Å². The van der Waals surface area contributed by atoms with Crippen molar-refractivity contribution in [3.8, 4) is 23.2 Å². The Labute approximate surface area is 179 Å². The van der Waals surface area contributed by atoms with Crippen LogP contribution in [0.5, 0.6) is 17.4 Å². The van der Waals surface area contributed by atoms with E-state index in [9.17, 15) is 8.42 Å². The van der Waals surface area contributed by atoms with Gasteiger partial charge < -0.3 is 9.47 Å². The molecule has 0 aliphatic heterocycles. The first-order valence-corrected chi connectivity index (χ1v) is 10.7. The van der Waals surface area contributed by atoms with Gasteiger partial charge in [-0.25, -0.2) is 23.4 Å². The van der Waals surface area contributed by atoms with Gasteiger partial charge >= 0.3 is 0 Å². The number of hydrogen-bond acceptors (Lipinski definition) is 7. The second kappa shape index (κ2) is 8.44. The van der Waals surface area contributed by atoms with Crippen molar-refractivity contribution >= 4 is 15.7 Å². The van der Waals surface area contributed by atoms with E-state index in [0.29, 0.717) is 23.1 Å². The van der Waals surface area contributed by atoms with Crippen molar-refractivity contribution in [2.24, 2.45) is 0 Å². The fraction of sp³-hybridized carbons (Fsp3) is 0.0952. The molecule has 0 radical (unpaired) electrons. The highest BCUT2D eigenvalue weighted by Crippen LogP contribution is 2.27. The standard InChI is InChI=1S/C21H19N5O4S/c1-15-22-11-12-26(15)20-13-21(24-14-23-20)30-17-9-7-16(8-10-17)25-31(27,28)19-6-4-3-5-18(19)29-2/h3-14,25H,1-2H3. The normalized spacial score (nSPS) is 11.2. The Morgan fingerprint density at radius 2 is 1.77 bits per heavy atom. The van der Waals surface area contributed by atoms with Crippen LogP contribution in [0.15, 0.2) is 78.2 Å². The molecule has 0 aliphatic carbocycles. The number of aryl methyl sites for hydroxylation is 1. The Morgan fingerprint density at radius 3 is 2.48 bits per heavy atom. The van der Waals surface area contributed by atoms with E-state index in [1.807, 2.05) is 11.5 Å². The Balaban J connectivity index is 1.50. The first-order valence-electron chi connectivity index (χ1n) is 9.22. The maximum absolute atomic E-state index is 12.7. The topological polar surface area (TPSA) is 108 Å². The van der Waals surface area contributed by atoms with E-state index >= 15 is 0 Å². The lowest BCUT2D eigenvalue weighted by Crippen LogP contribution is -2.13. The van der Waals surface area contributed by atoms with Crippen molar-refractivity contribution in [2.75, 3.05) is 11.8 Å². The van der Waals surface area contributed by atoms with E-state index in [2.05, 4.69) is 19.7 Å². The molecule has 0 saturated carbocycles. The van der Waals surface area contributed by atoms with E-state index in [0.717, 1.165) is 5.82 Å². The van der Waals surface area contributed by atoms with E-state index in [1.54, 1.807) is 60.9 Å². The number of anilines is 1. The molecule has 9 nitrogen and oxygen atoms in total. The number of para-hydroxylation sites is 1. The molecule has 0 spiro atoms. The molecule has 4 rings (SSSR count). The lowest BCUT2D eigenvalue weighted by atomic mass is 10.3. The minimum Gasteiger partial charge on any atom is -0.495 e. The van der Waals surface area contributed by atoms with Crippen LogP contribution >= 0.6 is 0 Å². The van der Waals surface area contributed by atoms with Gasteiger partial charge in [-0.05, 0) is 43.3 Å². The molecule has 0 atom stereocenters. The molecule has 31 heavy (non-hydrogen) atoms. The predicted octanol–water partition coefficient (Wildman–Crippen LogP) is 3.57. The Hall–Kier alpha value is -3.92. The zero-order valence-corrected chi connectivity index (χ0v) is 17.6. The molecule has 2 heterocycles. The number of aromatic nitrogens is 4. The molecule has 0 fully saturated rings. The molecule has 0 aliphatic rings. The second-order valence-corrected chi connectivity index (χ2v) is 8.09. The van der Waals surface area contributed by atoms with Gasteiger partial charge in [0.2, 0.25) is 5.88 Å². The number of benzene rings is 2. The molecule has 2 aromatic heterocycles. The van der Waals surface area contributed by atoms with Crippen LogP contribution in [0.2, 0.25) is 0 Å². The molecule has 10 heteroatoms. The van der Waals surface area contributed by atoms with Crippen molar-refractivity contribution < 1.29 is 17.9 Å². The van der Waals surface area contributed by atoms with Crippen LogP contribution in [-0.2, 0) is 10.0 Å². The minimum absolute atomic E-state index is 0.0566. The molecular weight excluding hydrogens is 418 g/mol. The highest BCUT2D eigenvalue weighted by molar-refractivity contribution is 7.92. The summed E-state index contributed by atoms with van der Waals surface area (Å²) in [6.07, 6.45) is 4.88. The Morgan fingerprint density at radius 1 is 1.00 bits per heavy atom. The van der Waals surface area contributed by atoms with Gasteiger partial charge in [0.05, 0.1) is 7.11 Å². The van der Waals surface area contributed by atoms with Gasteiger partial charge in [0.15, 0.2) is 0 Å². The number of methoxy groups -OCH3 is 1. The largest absolute Gasteiger partial charge is 0.495 e. The zero-order valence-electron chi connectivity index (χ0n) is 16.8. The number of nitrogens with zero attached hydrogens (tertiary/aromatic N) is 4. The van der Waals surface area contributed by atoms with E-state index < -0.39 is 10.0 Å². The van der Waals surface area contributed by atoms with Crippen LogP contribution in [0.1, 0.15) is 5.82 Å². The van der Waals surface area contributed by atoms with Crippen LogP contribution in [0.25, 0.3) is 5.82 Å². The fourth-order valence-electron chi connectivity index (χ4n) is 2.90. The summed E-state index contributed by atoms with van der Waals surface area (Å²) in [5.74, 6) is 2.52. The Bertz CT molecular complexity index is 1300. The van der Waals surface area contributed by atoms with Gasteiger partial charge in [-0.15, -0.1) is 0 Å². The van der Waals surface area contributed by atoms with Gasteiger partial charge in [0, 0.05) is 24.1 Å². The number of imidazole rings is 1. The first kappa shape index (κ1) is 20.4. The molecule has 0 amide bonds. The maximum atomic E-state index is 12.7. The average molecular weight is 437 g/mol. The van der Waals surface area contributed by atoms with E-state index in [1.165, 1.54) is 19.5 Å². The Kier molecular flexibility index (Phi) is 5.54. The van der Waals surface area contributed by atoms with Gasteiger partial charge in [-0.2, -0.15) is 0 Å². The summed E-state index contributed by atoms with van der Waals surface area (Å²) in [6, 6.07) is 14.6. The summed E-state index contributed by atoms with van der Waals surface area (Å²) in [5.41, 5.74) is 0.385. The average Bonchev–Trinajstić information content (AvgIpc) is 3.21. The summed E-state index contributed by atoms with van der Waals surface area (Å²) in [5, 5.41) is 0. The molecule has 0 bridgehead atoms. The van der Waals surface area contributed by atoms with Gasteiger partial charge in [-0.3, -0.25) is 9.29 Å². The lowest BCUT2D eigenvalue weighted by Gasteiger charge is -2.12. The number of ether oxygens (including phenoxy) is 2. The lowest BCUT2D eigenvalue weighted by molar-refractivity contribution is 0.403. The SMILES string of the molecule is COc1ccccc1S(=O)(=O)Nc1ccc(Oc2cc(-n3ccnc3C)ncn2)cc1. The first-order chi connectivity index (χ1) is 15.0. The quantitative estimate of drug-likeness (QED) is 0.471. The van der Waals surface area contributed by atoms with Crippen molar-refractivity contribution in [3.63, 3.8) is 0 Å². The monoisotopic (exact) mass is 437 g/mol. The third-order valence-electron chi connectivity index (χ3n) is 4.39. The van der Waals surface area contributed by atoms with Gasteiger partial charge in [0.1, 0.15) is 34.4 Å². The molecule has 4 aromatic rings. The molecule has 158 valence electrons. The van der Waals surface area contributed by atoms with Crippen molar-refractivity contribution in [2.45, 2.75) is 11.8 Å². The summed E-state index contributed by atoms with van der Waals surface area (Å²) in [6.45, 7) is 1.87. The van der Waals surface area contributed by atoms with Crippen LogP contribution in [0.3, 0.4) is 0 Å². The number of sulfonamides is 1. The number of hydrogen-bond donors (Lipinski definition) is 1. The molecule has 2 aromatic carbocycles. The summed E-state index contributed by atoms with van der Waals surface area (Å²) in [7, 11) is -2.38. The number of rotatable bonds is 7.